The Hall–Kier alpha value is -0.610. The van der Waals surface area contributed by atoms with Gasteiger partial charge in [-0.05, 0) is 18.4 Å². The normalized spacial score (nSPS) is 23.9. The first kappa shape index (κ1) is 12.5. The molecule has 1 aliphatic rings. The molecule has 0 radical (unpaired) electrons. The number of rotatable bonds is 5. The summed E-state index contributed by atoms with van der Waals surface area (Å²) in [6.45, 7) is 6.24. The second-order valence-electron chi connectivity index (χ2n) is 4.62. The van der Waals surface area contributed by atoms with Crippen molar-refractivity contribution in [2.45, 2.75) is 26.3 Å². The molecule has 1 amide bonds. The summed E-state index contributed by atoms with van der Waals surface area (Å²) in [6, 6.07) is 0.194. The molecule has 0 aromatic carbocycles. The zero-order valence-corrected chi connectivity index (χ0v) is 9.90. The summed E-state index contributed by atoms with van der Waals surface area (Å²) < 4.78 is 5.17. The fourth-order valence-corrected chi connectivity index (χ4v) is 2.10. The van der Waals surface area contributed by atoms with E-state index in [1.807, 2.05) is 4.90 Å². The van der Waals surface area contributed by atoms with Crippen molar-refractivity contribution in [2.75, 3.05) is 26.8 Å². The predicted molar refractivity (Wildman–Crippen MR) is 59.4 cm³/mol. The van der Waals surface area contributed by atoms with Crippen molar-refractivity contribution < 1.29 is 9.53 Å². The van der Waals surface area contributed by atoms with Gasteiger partial charge in [0.05, 0.1) is 12.6 Å². The zero-order valence-electron chi connectivity index (χ0n) is 9.90. The van der Waals surface area contributed by atoms with Gasteiger partial charge in [0.1, 0.15) is 0 Å². The minimum Gasteiger partial charge on any atom is -0.383 e. The Morgan fingerprint density at radius 2 is 2.27 bits per heavy atom. The maximum absolute atomic E-state index is 11.8. The quantitative estimate of drug-likeness (QED) is 0.723. The molecular weight excluding hydrogens is 192 g/mol. The Balaban J connectivity index is 2.63. The van der Waals surface area contributed by atoms with Gasteiger partial charge in [-0.25, -0.2) is 0 Å². The highest BCUT2D eigenvalue weighted by atomic mass is 16.5. The largest absolute Gasteiger partial charge is 0.383 e. The van der Waals surface area contributed by atoms with Gasteiger partial charge in [-0.1, -0.05) is 13.8 Å². The van der Waals surface area contributed by atoms with E-state index in [0.717, 1.165) is 6.54 Å². The third kappa shape index (κ3) is 2.92. The lowest BCUT2D eigenvalue weighted by Gasteiger charge is -2.30. The lowest BCUT2D eigenvalue weighted by Crippen LogP contribution is -2.43. The average Bonchev–Trinajstić information content (AvgIpc) is 2.55. The first-order valence-corrected chi connectivity index (χ1v) is 5.58. The van der Waals surface area contributed by atoms with E-state index in [2.05, 4.69) is 13.8 Å². The van der Waals surface area contributed by atoms with Crippen LogP contribution in [0.25, 0.3) is 0 Å². The average molecular weight is 214 g/mol. The van der Waals surface area contributed by atoms with E-state index in [0.29, 0.717) is 31.4 Å². The van der Waals surface area contributed by atoms with Crippen LogP contribution in [0.4, 0.5) is 0 Å². The van der Waals surface area contributed by atoms with Gasteiger partial charge < -0.3 is 15.4 Å². The van der Waals surface area contributed by atoms with E-state index >= 15 is 0 Å². The van der Waals surface area contributed by atoms with Gasteiger partial charge in [-0.15, -0.1) is 0 Å². The molecule has 1 saturated heterocycles. The molecule has 0 aromatic rings. The van der Waals surface area contributed by atoms with Crippen molar-refractivity contribution in [2.24, 2.45) is 17.6 Å². The molecule has 4 nitrogen and oxygen atoms in total. The first-order valence-electron chi connectivity index (χ1n) is 5.58. The van der Waals surface area contributed by atoms with Crippen LogP contribution in [0.15, 0.2) is 0 Å². The Morgan fingerprint density at radius 3 is 2.67 bits per heavy atom. The van der Waals surface area contributed by atoms with Crippen LogP contribution in [0.5, 0.6) is 0 Å². The fourth-order valence-electron chi connectivity index (χ4n) is 2.10. The molecule has 0 bridgehead atoms. The molecule has 2 atom stereocenters. The molecule has 4 heteroatoms. The zero-order chi connectivity index (χ0) is 11.4. The smallest absolute Gasteiger partial charge is 0.223 e. The van der Waals surface area contributed by atoms with E-state index < -0.39 is 0 Å². The number of hydrogen-bond acceptors (Lipinski definition) is 3. The van der Waals surface area contributed by atoms with Crippen LogP contribution in [-0.2, 0) is 9.53 Å². The summed E-state index contributed by atoms with van der Waals surface area (Å²) >= 11 is 0. The molecule has 15 heavy (non-hydrogen) atoms. The van der Waals surface area contributed by atoms with E-state index in [1.165, 1.54) is 0 Å². The topological polar surface area (TPSA) is 55.6 Å². The molecule has 1 aliphatic heterocycles. The number of methoxy groups -OCH3 is 1. The summed E-state index contributed by atoms with van der Waals surface area (Å²) in [6.07, 6.45) is 0.601. The van der Waals surface area contributed by atoms with Crippen LogP contribution in [0.1, 0.15) is 20.3 Å². The van der Waals surface area contributed by atoms with Gasteiger partial charge in [0, 0.05) is 20.1 Å². The Kier molecular flexibility index (Phi) is 4.54. The third-order valence-electron chi connectivity index (χ3n) is 3.08. The molecule has 88 valence electrons. The number of carbonyl (C=O) groups is 1. The highest BCUT2D eigenvalue weighted by Crippen LogP contribution is 2.22. The van der Waals surface area contributed by atoms with Gasteiger partial charge in [-0.2, -0.15) is 0 Å². The number of ether oxygens (including phenoxy) is 1. The Labute approximate surface area is 91.8 Å². The van der Waals surface area contributed by atoms with E-state index in [9.17, 15) is 4.79 Å². The molecule has 2 N–H and O–H groups in total. The molecule has 0 aliphatic carbocycles. The molecular formula is C11H22N2O2. The second-order valence-corrected chi connectivity index (χ2v) is 4.62. The number of likely N-dealkylation sites (tertiary alicyclic amines) is 1. The van der Waals surface area contributed by atoms with Gasteiger partial charge in [-0.3, -0.25) is 4.79 Å². The number of hydrogen-bond donors (Lipinski definition) is 1. The van der Waals surface area contributed by atoms with Gasteiger partial charge >= 0.3 is 0 Å². The third-order valence-corrected chi connectivity index (χ3v) is 3.08. The molecule has 0 aromatic heterocycles. The summed E-state index contributed by atoms with van der Waals surface area (Å²) in [5.74, 6) is 0.974. The summed E-state index contributed by atoms with van der Waals surface area (Å²) in [5.41, 5.74) is 5.60. The second kappa shape index (κ2) is 5.47. The maximum atomic E-state index is 11.8. The number of carbonyl (C=O) groups excluding carboxylic acids is 1. The number of nitrogens with two attached hydrogens (primary N) is 1. The molecule has 0 saturated carbocycles. The van der Waals surface area contributed by atoms with Crippen LogP contribution in [-0.4, -0.2) is 43.7 Å². The highest BCUT2D eigenvalue weighted by molar-refractivity contribution is 5.79. The predicted octanol–water partition coefficient (Wildman–Crippen LogP) is 0.465. The van der Waals surface area contributed by atoms with Crippen LogP contribution in [0, 0.1) is 11.8 Å². The summed E-state index contributed by atoms with van der Waals surface area (Å²) in [5, 5.41) is 0. The molecule has 1 heterocycles. The Morgan fingerprint density at radius 1 is 1.60 bits per heavy atom. The van der Waals surface area contributed by atoms with Crippen LogP contribution < -0.4 is 5.73 Å². The minimum atomic E-state index is 0.194. The standard InChI is InChI=1S/C11H22N2O2/c1-8(2)10(7-15-3)13-6-9(5-12)4-11(13)14/h8-10H,4-7,12H2,1-3H3. The monoisotopic (exact) mass is 214 g/mol. The van der Waals surface area contributed by atoms with E-state index in [4.69, 9.17) is 10.5 Å². The first-order chi connectivity index (χ1) is 7.10. The van der Waals surface area contributed by atoms with Gasteiger partial charge in [0.15, 0.2) is 0 Å². The SMILES string of the molecule is COCC(C(C)C)N1CC(CN)CC1=O. The van der Waals surface area contributed by atoms with Crippen molar-refractivity contribution in [3.05, 3.63) is 0 Å². The maximum Gasteiger partial charge on any atom is 0.223 e. The van der Waals surface area contributed by atoms with Crippen molar-refractivity contribution in [3.8, 4) is 0 Å². The molecule has 1 rings (SSSR count). The Bertz CT molecular complexity index is 219. The molecule has 2 unspecified atom stereocenters. The van der Waals surface area contributed by atoms with Crippen LogP contribution in [0.2, 0.25) is 0 Å². The molecule has 0 spiro atoms. The van der Waals surface area contributed by atoms with Crippen molar-refractivity contribution in [3.63, 3.8) is 0 Å². The van der Waals surface area contributed by atoms with Crippen molar-refractivity contribution >= 4 is 5.91 Å². The lowest BCUT2D eigenvalue weighted by atomic mass is 10.0. The van der Waals surface area contributed by atoms with Crippen LogP contribution in [0.3, 0.4) is 0 Å². The van der Waals surface area contributed by atoms with E-state index in [-0.39, 0.29) is 11.9 Å². The lowest BCUT2D eigenvalue weighted by molar-refractivity contribution is -0.131. The minimum absolute atomic E-state index is 0.194. The van der Waals surface area contributed by atoms with Gasteiger partial charge in [0.2, 0.25) is 5.91 Å². The van der Waals surface area contributed by atoms with Gasteiger partial charge in [0.25, 0.3) is 0 Å². The summed E-state index contributed by atoms with van der Waals surface area (Å²) in [4.78, 5) is 13.7. The summed E-state index contributed by atoms with van der Waals surface area (Å²) in [7, 11) is 1.68. The van der Waals surface area contributed by atoms with Crippen molar-refractivity contribution in [1.29, 1.82) is 0 Å². The fraction of sp³-hybridized carbons (Fsp3) is 0.909. The van der Waals surface area contributed by atoms with E-state index in [1.54, 1.807) is 7.11 Å². The highest BCUT2D eigenvalue weighted by Gasteiger charge is 2.34. The molecule has 1 fully saturated rings. The van der Waals surface area contributed by atoms with Crippen molar-refractivity contribution in [1.82, 2.24) is 4.90 Å². The number of nitrogens with zero attached hydrogens (tertiary/aromatic N) is 1. The van der Waals surface area contributed by atoms with Crippen LogP contribution >= 0.6 is 0 Å². The number of amides is 1.